The number of benzene rings is 4. The molecule has 1 N–H and O–H groups in total. The lowest BCUT2D eigenvalue weighted by Gasteiger charge is -2.22. The van der Waals surface area contributed by atoms with E-state index in [0.29, 0.717) is 21.7 Å². The highest BCUT2D eigenvalue weighted by Gasteiger charge is 2.35. The maximum Gasteiger partial charge on any atom is 0.198 e. The highest BCUT2D eigenvalue weighted by Crippen LogP contribution is 2.56. The highest BCUT2D eigenvalue weighted by molar-refractivity contribution is 7.82. The minimum absolute atomic E-state index is 0.00349. The predicted octanol–water partition coefficient (Wildman–Crippen LogP) is 6.46. The first-order valence-electron chi connectivity index (χ1n) is 10.5. The van der Waals surface area contributed by atoms with Gasteiger partial charge in [0.1, 0.15) is 0 Å². The van der Waals surface area contributed by atoms with Crippen molar-refractivity contribution in [3.63, 3.8) is 0 Å². The largest absolute Gasteiger partial charge is 0.388 e. The summed E-state index contributed by atoms with van der Waals surface area (Å²) in [6, 6.07) is 35.7. The Morgan fingerprint density at radius 3 is 1.56 bits per heavy atom. The van der Waals surface area contributed by atoms with Crippen LogP contribution in [0.2, 0.25) is 0 Å². The normalized spacial score (nSPS) is 13.3. The van der Waals surface area contributed by atoms with Crippen molar-refractivity contribution in [1.82, 2.24) is 0 Å². The van der Waals surface area contributed by atoms with Gasteiger partial charge in [-0.25, -0.2) is 4.39 Å². The van der Waals surface area contributed by atoms with Gasteiger partial charge >= 0.3 is 0 Å². The molecule has 0 saturated carbocycles. The van der Waals surface area contributed by atoms with Crippen molar-refractivity contribution in [2.75, 3.05) is 0 Å². The number of aliphatic hydroxyl groups excluding tert-OH is 1. The van der Waals surface area contributed by atoms with E-state index < -0.39 is 18.8 Å². The Morgan fingerprint density at radius 1 is 0.688 bits per heavy atom. The lowest BCUT2D eigenvalue weighted by Crippen LogP contribution is -2.17. The van der Waals surface area contributed by atoms with E-state index >= 15 is 4.39 Å². The van der Waals surface area contributed by atoms with E-state index in [1.54, 1.807) is 72.8 Å². The molecular formula is C28H24FO2P. The zero-order valence-corrected chi connectivity index (χ0v) is 18.4. The van der Waals surface area contributed by atoms with Crippen molar-refractivity contribution < 1.29 is 14.1 Å². The van der Waals surface area contributed by atoms with Crippen molar-refractivity contribution in [2.24, 2.45) is 0 Å². The van der Waals surface area contributed by atoms with Crippen LogP contribution in [-0.2, 0) is 4.57 Å². The third-order valence-corrected chi connectivity index (χ3v) is 8.34. The first-order chi connectivity index (χ1) is 15.6. The van der Waals surface area contributed by atoms with Gasteiger partial charge in [-0.3, -0.25) is 0 Å². The number of rotatable bonds is 7. The Balaban J connectivity index is 1.92. The lowest BCUT2D eigenvalue weighted by molar-refractivity contribution is 0.183. The third kappa shape index (κ3) is 4.50. The summed E-state index contributed by atoms with van der Waals surface area (Å²) in [5, 5.41) is 11.8. The first kappa shape index (κ1) is 22.0. The fraction of sp³-hybridized carbons (Fsp3) is 0.0714. The molecule has 0 aliphatic carbocycles. The molecule has 0 spiro atoms. The van der Waals surface area contributed by atoms with E-state index in [2.05, 4.69) is 0 Å². The van der Waals surface area contributed by atoms with E-state index in [1.807, 2.05) is 48.5 Å². The van der Waals surface area contributed by atoms with Crippen molar-refractivity contribution in [3.05, 3.63) is 138 Å². The summed E-state index contributed by atoms with van der Waals surface area (Å²) < 4.78 is 31.1. The lowest BCUT2D eigenvalue weighted by atomic mass is 9.97. The SMILES string of the molecule is O=P(/C(F)=C(/CC(O)c1ccccc1)c1ccccc1)(c1ccccc1)c1ccccc1. The zero-order chi connectivity index (χ0) is 22.4. The minimum atomic E-state index is -3.78. The Kier molecular flexibility index (Phi) is 6.80. The number of hydrogen-bond donors (Lipinski definition) is 1. The van der Waals surface area contributed by atoms with E-state index in [1.165, 1.54) is 0 Å². The van der Waals surface area contributed by atoms with Gasteiger partial charge in [-0.05, 0) is 11.1 Å². The van der Waals surface area contributed by atoms with Crippen LogP contribution in [0.3, 0.4) is 0 Å². The van der Waals surface area contributed by atoms with Crippen molar-refractivity contribution in [2.45, 2.75) is 12.5 Å². The van der Waals surface area contributed by atoms with E-state index in [4.69, 9.17) is 0 Å². The summed E-state index contributed by atoms with van der Waals surface area (Å²) in [7, 11) is -3.78. The average Bonchev–Trinajstić information content (AvgIpc) is 2.88. The molecule has 0 aromatic heterocycles. The first-order valence-corrected chi connectivity index (χ1v) is 12.2. The number of aliphatic hydroxyl groups is 1. The molecule has 4 heteroatoms. The van der Waals surface area contributed by atoms with Gasteiger partial charge in [0.05, 0.1) is 6.10 Å². The van der Waals surface area contributed by atoms with Crippen LogP contribution in [0.15, 0.2) is 127 Å². The standard InChI is InChI=1S/C28H24FO2P/c29-28(32(31,24-17-9-3-10-18-24)25-19-11-4-12-20-25)26(22-13-5-1-6-14-22)21-27(30)23-15-7-2-8-16-23/h1-20,27,30H,21H2/b28-26-. The van der Waals surface area contributed by atoms with Gasteiger partial charge in [0.25, 0.3) is 0 Å². The average molecular weight is 442 g/mol. The summed E-state index contributed by atoms with van der Waals surface area (Å²) in [5.41, 5.74) is 0.837. The van der Waals surface area contributed by atoms with Gasteiger partial charge in [0, 0.05) is 22.6 Å². The minimum Gasteiger partial charge on any atom is -0.388 e. The van der Waals surface area contributed by atoms with E-state index in [0.717, 1.165) is 0 Å². The molecular weight excluding hydrogens is 418 g/mol. The maximum absolute atomic E-state index is 16.6. The second kappa shape index (κ2) is 9.91. The fourth-order valence-electron chi connectivity index (χ4n) is 3.79. The quantitative estimate of drug-likeness (QED) is 0.334. The molecule has 4 aromatic rings. The van der Waals surface area contributed by atoms with Gasteiger partial charge < -0.3 is 9.67 Å². The van der Waals surface area contributed by atoms with Crippen LogP contribution >= 0.6 is 7.14 Å². The Labute approximate surface area is 188 Å². The Morgan fingerprint density at radius 2 is 1.09 bits per heavy atom. The second-order valence-electron chi connectivity index (χ2n) is 7.55. The van der Waals surface area contributed by atoms with Crippen LogP contribution in [-0.4, -0.2) is 5.11 Å². The van der Waals surface area contributed by atoms with Crippen molar-refractivity contribution >= 4 is 23.3 Å². The molecule has 0 heterocycles. The van der Waals surface area contributed by atoms with Gasteiger partial charge in [-0.1, -0.05) is 121 Å². The molecule has 0 radical (unpaired) electrons. The van der Waals surface area contributed by atoms with E-state index in [9.17, 15) is 9.67 Å². The fourth-order valence-corrected chi connectivity index (χ4v) is 6.32. The number of halogens is 1. The molecule has 160 valence electrons. The Hall–Kier alpha value is -3.26. The molecule has 0 amide bonds. The molecule has 0 bridgehead atoms. The van der Waals surface area contributed by atoms with Crippen LogP contribution in [0.5, 0.6) is 0 Å². The van der Waals surface area contributed by atoms with Gasteiger partial charge in [-0.2, -0.15) is 0 Å². The molecule has 0 aliphatic heterocycles. The number of hydrogen-bond acceptors (Lipinski definition) is 2. The predicted molar refractivity (Wildman–Crippen MR) is 130 cm³/mol. The van der Waals surface area contributed by atoms with Gasteiger partial charge in [-0.15, -0.1) is 0 Å². The molecule has 1 unspecified atom stereocenters. The molecule has 0 aliphatic rings. The molecule has 2 nitrogen and oxygen atoms in total. The van der Waals surface area contributed by atoms with Crippen molar-refractivity contribution in [1.29, 1.82) is 0 Å². The van der Waals surface area contributed by atoms with Gasteiger partial charge in [0.2, 0.25) is 0 Å². The second-order valence-corrected chi connectivity index (χ2v) is 10.2. The molecule has 0 saturated heterocycles. The van der Waals surface area contributed by atoms with Crippen LogP contribution < -0.4 is 10.6 Å². The third-order valence-electron chi connectivity index (χ3n) is 5.47. The van der Waals surface area contributed by atoms with Crippen LogP contribution in [0.25, 0.3) is 5.57 Å². The smallest absolute Gasteiger partial charge is 0.198 e. The summed E-state index contributed by atoms with van der Waals surface area (Å²) in [4.78, 5) is 0. The summed E-state index contributed by atoms with van der Waals surface area (Å²) >= 11 is 0. The monoisotopic (exact) mass is 442 g/mol. The maximum atomic E-state index is 16.6. The highest BCUT2D eigenvalue weighted by atomic mass is 31.2. The zero-order valence-electron chi connectivity index (χ0n) is 17.5. The molecule has 32 heavy (non-hydrogen) atoms. The molecule has 4 aromatic carbocycles. The summed E-state index contributed by atoms with van der Waals surface area (Å²) in [5.74, 6) is 0. The van der Waals surface area contributed by atoms with Crippen LogP contribution in [0, 0.1) is 0 Å². The van der Waals surface area contributed by atoms with E-state index in [-0.39, 0.29) is 12.0 Å². The molecule has 1 atom stereocenters. The van der Waals surface area contributed by atoms with Gasteiger partial charge in [0.15, 0.2) is 12.7 Å². The Bertz CT molecular complexity index is 1180. The summed E-state index contributed by atoms with van der Waals surface area (Å²) in [6.07, 6.45) is -0.930. The van der Waals surface area contributed by atoms with Crippen LogP contribution in [0.4, 0.5) is 4.39 Å². The topological polar surface area (TPSA) is 37.3 Å². The van der Waals surface area contributed by atoms with Crippen molar-refractivity contribution in [3.8, 4) is 0 Å². The van der Waals surface area contributed by atoms with Crippen LogP contribution in [0.1, 0.15) is 23.7 Å². The molecule has 4 rings (SSSR count). The molecule has 0 fully saturated rings. The summed E-state index contributed by atoms with van der Waals surface area (Å²) in [6.45, 7) is 0.